The molecule has 1 fully saturated rings. The highest BCUT2D eigenvalue weighted by molar-refractivity contribution is 5.77. The van der Waals surface area contributed by atoms with Crippen molar-refractivity contribution in [3.8, 4) is 0 Å². The Morgan fingerprint density at radius 1 is 1.50 bits per heavy atom. The number of hydrogen-bond acceptors (Lipinski definition) is 3. The Labute approximate surface area is 118 Å². The third-order valence-corrected chi connectivity index (χ3v) is 3.80. The molecule has 0 spiro atoms. The van der Waals surface area contributed by atoms with Crippen LogP contribution in [0.3, 0.4) is 0 Å². The van der Waals surface area contributed by atoms with Crippen molar-refractivity contribution >= 4 is 5.91 Å². The van der Waals surface area contributed by atoms with Crippen LogP contribution in [0.15, 0.2) is 24.3 Å². The lowest BCUT2D eigenvalue weighted by Gasteiger charge is -2.20. The molecule has 20 heavy (non-hydrogen) atoms. The van der Waals surface area contributed by atoms with Crippen LogP contribution < -0.4 is 11.1 Å². The van der Waals surface area contributed by atoms with Gasteiger partial charge in [0, 0.05) is 19.2 Å². The monoisotopic (exact) mass is 280 g/mol. The summed E-state index contributed by atoms with van der Waals surface area (Å²) in [7, 11) is 0. The molecule has 0 aromatic heterocycles. The number of benzene rings is 1. The molecule has 1 saturated heterocycles. The van der Waals surface area contributed by atoms with Crippen LogP contribution in [-0.2, 0) is 16.0 Å². The molecule has 1 aromatic rings. The first kappa shape index (κ1) is 14.9. The average Bonchev–Trinajstić information content (AvgIpc) is 2.82. The van der Waals surface area contributed by atoms with Crippen molar-refractivity contribution in [1.29, 1.82) is 0 Å². The van der Waals surface area contributed by atoms with Crippen LogP contribution in [0, 0.1) is 11.7 Å². The lowest BCUT2D eigenvalue weighted by atomic mass is 9.98. The summed E-state index contributed by atoms with van der Waals surface area (Å²) in [6.45, 7) is 3.28. The van der Waals surface area contributed by atoms with Crippen LogP contribution in [0.2, 0.25) is 0 Å². The van der Waals surface area contributed by atoms with Gasteiger partial charge in [-0.3, -0.25) is 4.79 Å². The van der Waals surface area contributed by atoms with Gasteiger partial charge in [-0.25, -0.2) is 4.39 Å². The van der Waals surface area contributed by atoms with Crippen molar-refractivity contribution in [2.45, 2.75) is 31.9 Å². The molecule has 1 amide bonds. The molecule has 4 nitrogen and oxygen atoms in total. The molecular formula is C15H21FN2O2. The minimum Gasteiger partial charge on any atom is -0.377 e. The number of hydrogen-bond donors (Lipinski definition) is 2. The fraction of sp³-hybridized carbons (Fsp3) is 0.533. The summed E-state index contributed by atoms with van der Waals surface area (Å²) < 4.78 is 18.3. The number of carbonyl (C=O) groups excluding carboxylic acids is 1. The Morgan fingerprint density at radius 3 is 2.75 bits per heavy atom. The van der Waals surface area contributed by atoms with Crippen molar-refractivity contribution in [2.24, 2.45) is 11.7 Å². The second-order valence-electron chi connectivity index (χ2n) is 5.31. The molecule has 3 unspecified atom stereocenters. The zero-order valence-electron chi connectivity index (χ0n) is 11.6. The highest BCUT2D eigenvalue weighted by Crippen LogP contribution is 2.14. The predicted octanol–water partition coefficient (Wildman–Crippen LogP) is 1.24. The van der Waals surface area contributed by atoms with Crippen molar-refractivity contribution in [3.05, 3.63) is 35.6 Å². The van der Waals surface area contributed by atoms with Crippen molar-refractivity contribution in [2.75, 3.05) is 13.2 Å². The highest BCUT2D eigenvalue weighted by Gasteiger charge is 2.25. The van der Waals surface area contributed by atoms with E-state index in [1.54, 1.807) is 12.1 Å². The molecule has 3 N–H and O–H groups in total. The maximum atomic E-state index is 12.9. The summed E-state index contributed by atoms with van der Waals surface area (Å²) >= 11 is 0. The van der Waals surface area contributed by atoms with Crippen molar-refractivity contribution in [1.82, 2.24) is 5.32 Å². The Kier molecular flexibility index (Phi) is 5.09. The van der Waals surface area contributed by atoms with Gasteiger partial charge in [0.05, 0.1) is 12.0 Å². The van der Waals surface area contributed by atoms with E-state index in [1.165, 1.54) is 12.1 Å². The number of amides is 1. The van der Waals surface area contributed by atoms with E-state index in [0.29, 0.717) is 13.0 Å². The van der Waals surface area contributed by atoms with Gasteiger partial charge >= 0.3 is 0 Å². The van der Waals surface area contributed by atoms with Gasteiger partial charge in [0.25, 0.3) is 0 Å². The molecular weight excluding hydrogens is 259 g/mol. The topological polar surface area (TPSA) is 64.3 Å². The van der Waals surface area contributed by atoms with Crippen LogP contribution in [0.4, 0.5) is 4.39 Å². The second kappa shape index (κ2) is 6.81. The van der Waals surface area contributed by atoms with E-state index in [9.17, 15) is 9.18 Å². The van der Waals surface area contributed by atoms with E-state index in [0.717, 1.165) is 18.6 Å². The van der Waals surface area contributed by atoms with Gasteiger partial charge < -0.3 is 15.8 Å². The van der Waals surface area contributed by atoms with Crippen LogP contribution in [0.25, 0.3) is 0 Å². The molecule has 1 heterocycles. The minimum atomic E-state index is -0.339. The van der Waals surface area contributed by atoms with E-state index in [4.69, 9.17) is 10.5 Å². The quantitative estimate of drug-likeness (QED) is 0.824. The largest absolute Gasteiger partial charge is 0.377 e. The molecule has 1 aromatic carbocycles. The SMILES string of the molecule is CC1OCCC1NCC(Cc1ccc(F)cc1)C(N)=O. The summed E-state index contributed by atoms with van der Waals surface area (Å²) in [4.78, 5) is 11.5. The first-order valence-corrected chi connectivity index (χ1v) is 6.95. The molecule has 0 radical (unpaired) electrons. The van der Waals surface area contributed by atoms with Crippen molar-refractivity contribution in [3.63, 3.8) is 0 Å². The number of nitrogens with two attached hydrogens (primary N) is 1. The Hall–Kier alpha value is -1.46. The summed E-state index contributed by atoms with van der Waals surface area (Å²) in [6.07, 6.45) is 1.63. The van der Waals surface area contributed by atoms with Gasteiger partial charge in [0.1, 0.15) is 5.82 Å². The number of rotatable bonds is 6. The van der Waals surface area contributed by atoms with E-state index in [-0.39, 0.29) is 29.8 Å². The number of primary amides is 1. The summed E-state index contributed by atoms with van der Waals surface area (Å²) in [5.74, 6) is -0.916. The van der Waals surface area contributed by atoms with Gasteiger partial charge in [-0.2, -0.15) is 0 Å². The molecule has 3 atom stereocenters. The highest BCUT2D eigenvalue weighted by atomic mass is 19.1. The first-order chi connectivity index (χ1) is 9.56. The summed E-state index contributed by atoms with van der Waals surface area (Å²) in [6, 6.07) is 6.44. The molecule has 1 aliphatic heterocycles. The summed E-state index contributed by atoms with van der Waals surface area (Å²) in [5, 5.41) is 3.34. The van der Waals surface area contributed by atoms with Crippen molar-refractivity contribution < 1.29 is 13.9 Å². The molecule has 1 aliphatic rings. The Balaban J connectivity index is 1.90. The number of nitrogens with one attached hydrogen (secondary N) is 1. The number of carbonyl (C=O) groups is 1. The number of ether oxygens (including phenoxy) is 1. The van der Waals surface area contributed by atoms with Crippen LogP contribution in [0.5, 0.6) is 0 Å². The minimum absolute atomic E-state index is 0.161. The molecule has 0 aliphatic carbocycles. The van der Waals surface area contributed by atoms with Gasteiger partial charge in [-0.1, -0.05) is 12.1 Å². The molecule has 0 bridgehead atoms. The Morgan fingerprint density at radius 2 is 2.20 bits per heavy atom. The second-order valence-corrected chi connectivity index (χ2v) is 5.31. The third-order valence-electron chi connectivity index (χ3n) is 3.80. The van der Waals surface area contributed by atoms with Crippen LogP contribution in [0.1, 0.15) is 18.9 Å². The zero-order chi connectivity index (χ0) is 14.5. The Bertz CT molecular complexity index is 450. The molecule has 0 saturated carbocycles. The third kappa shape index (κ3) is 4.02. The predicted molar refractivity (Wildman–Crippen MR) is 74.6 cm³/mol. The first-order valence-electron chi connectivity index (χ1n) is 6.95. The van der Waals surface area contributed by atoms with Crippen LogP contribution >= 0.6 is 0 Å². The average molecular weight is 280 g/mol. The normalized spacial score (nSPS) is 23.7. The van der Waals surface area contributed by atoms with E-state index < -0.39 is 0 Å². The number of halogens is 1. The smallest absolute Gasteiger partial charge is 0.222 e. The van der Waals surface area contributed by atoms with Gasteiger partial charge in [-0.05, 0) is 37.5 Å². The van der Waals surface area contributed by atoms with E-state index >= 15 is 0 Å². The van der Waals surface area contributed by atoms with Gasteiger partial charge in [0.2, 0.25) is 5.91 Å². The maximum Gasteiger partial charge on any atom is 0.222 e. The fourth-order valence-electron chi connectivity index (χ4n) is 2.47. The fourth-order valence-corrected chi connectivity index (χ4v) is 2.47. The molecule has 110 valence electrons. The molecule has 2 rings (SSSR count). The molecule has 5 heteroatoms. The lowest BCUT2D eigenvalue weighted by Crippen LogP contribution is -2.42. The van der Waals surface area contributed by atoms with Crippen LogP contribution in [-0.4, -0.2) is 31.2 Å². The lowest BCUT2D eigenvalue weighted by molar-refractivity contribution is -0.121. The maximum absolute atomic E-state index is 12.9. The van der Waals surface area contributed by atoms with Gasteiger partial charge in [0.15, 0.2) is 0 Å². The van der Waals surface area contributed by atoms with E-state index in [2.05, 4.69) is 5.32 Å². The standard InChI is InChI=1S/C15H21FN2O2/c1-10-14(6-7-20-10)18-9-12(15(17)19)8-11-2-4-13(16)5-3-11/h2-5,10,12,14,18H,6-9H2,1H3,(H2,17,19). The van der Waals surface area contributed by atoms with E-state index in [1.807, 2.05) is 6.92 Å². The summed E-state index contributed by atoms with van der Waals surface area (Å²) in [5.41, 5.74) is 6.36. The zero-order valence-corrected chi connectivity index (χ0v) is 11.6. The van der Waals surface area contributed by atoms with Gasteiger partial charge in [-0.15, -0.1) is 0 Å².